The molecule has 1 atom stereocenters. The summed E-state index contributed by atoms with van der Waals surface area (Å²) in [6.45, 7) is 3.43. The lowest BCUT2D eigenvalue weighted by Gasteiger charge is -2.17. The van der Waals surface area contributed by atoms with Crippen molar-refractivity contribution in [1.82, 2.24) is 9.88 Å². The molecule has 1 aromatic carbocycles. The number of nitrogens with one attached hydrogen (secondary N) is 1. The highest BCUT2D eigenvalue weighted by molar-refractivity contribution is 6.30. The second-order valence-electron chi connectivity index (χ2n) is 6.45. The maximum absolute atomic E-state index is 12.6. The summed E-state index contributed by atoms with van der Waals surface area (Å²) in [4.78, 5) is 30.1. The molecule has 0 unspecified atom stereocenters. The number of likely N-dealkylation sites (tertiary alicyclic amines) is 1. The van der Waals surface area contributed by atoms with E-state index in [0.29, 0.717) is 30.3 Å². The van der Waals surface area contributed by atoms with Gasteiger partial charge in [-0.2, -0.15) is 0 Å². The molecule has 1 fully saturated rings. The minimum Gasteiger partial charge on any atom is -0.463 e. The number of pyridine rings is 1. The number of aromatic nitrogens is 1. The fraction of sp³-hybridized carbons (Fsp3) is 0.286. The first-order valence-corrected chi connectivity index (χ1v) is 9.55. The Morgan fingerprint density at radius 1 is 1.29 bits per heavy atom. The van der Waals surface area contributed by atoms with Crippen LogP contribution in [-0.4, -0.2) is 47.5 Å². The standard InChI is InChI=1S/C21H22ClN3O3/c1-2-28-20(26)10-4-15-3-9-19(23-13-15)24-18-11-12-25(14-18)21(27)16-5-7-17(22)8-6-16/h3-10,13,18H,2,11-12,14H2,1H3,(H,23,24)/t18-/m1/s1. The van der Waals surface area contributed by atoms with E-state index < -0.39 is 0 Å². The Bertz CT molecular complexity index is 850. The van der Waals surface area contributed by atoms with Gasteiger partial charge < -0.3 is 15.0 Å². The zero-order chi connectivity index (χ0) is 19.9. The number of halogens is 1. The zero-order valence-electron chi connectivity index (χ0n) is 15.6. The highest BCUT2D eigenvalue weighted by Gasteiger charge is 2.27. The average molecular weight is 400 g/mol. The van der Waals surface area contributed by atoms with Crippen LogP contribution in [0.15, 0.2) is 48.7 Å². The fourth-order valence-corrected chi connectivity index (χ4v) is 3.12. The van der Waals surface area contributed by atoms with Crippen molar-refractivity contribution in [1.29, 1.82) is 0 Å². The Balaban J connectivity index is 1.53. The molecular formula is C21H22ClN3O3. The van der Waals surface area contributed by atoms with Gasteiger partial charge in [0.2, 0.25) is 0 Å². The Kier molecular flexibility index (Phi) is 6.66. The topological polar surface area (TPSA) is 71.5 Å². The third-order valence-corrected chi connectivity index (χ3v) is 4.66. The van der Waals surface area contributed by atoms with E-state index in [-0.39, 0.29) is 17.9 Å². The van der Waals surface area contributed by atoms with Crippen molar-refractivity contribution in [3.05, 3.63) is 64.8 Å². The van der Waals surface area contributed by atoms with E-state index >= 15 is 0 Å². The van der Waals surface area contributed by atoms with E-state index in [4.69, 9.17) is 16.3 Å². The van der Waals surface area contributed by atoms with Crippen molar-refractivity contribution in [2.24, 2.45) is 0 Å². The third-order valence-electron chi connectivity index (χ3n) is 4.40. The van der Waals surface area contributed by atoms with Crippen LogP contribution in [0.1, 0.15) is 29.3 Å². The van der Waals surface area contributed by atoms with E-state index in [1.165, 1.54) is 6.08 Å². The molecule has 0 bridgehead atoms. The molecule has 28 heavy (non-hydrogen) atoms. The summed E-state index contributed by atoms with van der Waals surface area (Å²) in [7, 11) is 0. The highest BCUT2D eigenvalue weighted by Crippen LogP contribution is 2.18. The van der Waals surface area contributed by atoms with Gasteiger partial charge in [-0.05, 0) is 61.4 Å². The van der Waals surface area contributed by atoms with E-state index in [1.54, 1.807) is 43.5 Å². The summed E-state index contributed by atoms with van der Waals surface area (Å²) < 4.78 is 4.85. The predicted molar refractivity (Wildman–Crippen MR) is 109 cm³/mol. The summed E-state index contributed by atoms with van der Waals surface area (Å²) in [6.07, 6.45) is 5.58. The maximum atomic E-state index is 12.6. The number of hydrogen-bond acceptors (Lipinski definition) is 5. The van der Waals surface area contributed by atoms with Crippen LogP contribution in [0.4, 0.5) is 5.82 Å². The van der Waals surface area contributed by atoms with Crippen molar-refractivity contribution in [2.75, 3.05) is 25.0 Å². The summed E-state index contributed by atoms with van der Waals surface area (Å²) in [5, 5.41) is 3.97. The lowest BCUT2D eigenvalue weighted by Crippen LogP contribution is -2.31. The van der Waals surface area contributed by atoms with Gasteiger partial charge in [0.15, 0.2) is 0 Å². The molecule has 0 spiro atoms. The molecule has 1 aliphatic rings. The quantitative estimate of drug-likeness (QED) is 0.593. The van der Waals surface area contributed by atoms with Gasteiger partial charge in [0.25, 0.3) is 5.91 Å². The van der Waals surface area contributed by atoms with Crippen molar-refractivity contribution in [3.63, 3.8) is 0 Å². The van der Waals surface area contributed by atoms with Crippen LogP contribution in [0, 0.1) is 0 Å². The number of ether oxygens (including phenoxy) is 1. The molecule has 3 rings (SSSR count). The van der Waals surface area contributed by atoms with E-state index in [0.717, 1.165) is 17.8 Å². The second kappa shape index (κ2) is 9.37. The van der Waals surface area contributed by atoms with Crippen LogP contribution in [0.3, 0.4) is 0 Å². The van der Waals surface area contributed by atoms with Gasteiger partial charge in [0, 0.05) is 42.0 Å². The Hall–Kier alpha value is -2.86. The summed E-state index contributed by atoms with van der Waals surface area (Å²) in [5.74, 6) is 0.369. The lowest BCUT2D eigenvalue weighted by molar-refractivity contribution is -0.137. The number of anilines is 1. The Labute approximate surface area is 169 Å². The zero-order valence-corrected chi connectivity index (χ0v) is 16.4. The molecule has 1 N–H and O–H groups in total. The number of esters is 1. The number of carbonyl (C=O) groups excluding carboxylic acids is 2. The number of rotatable bonds is 6. The predicted octanol–water partition coefficient (Wildman–Crippen LogP) is 3.64. The molecule has 7 heteroatoms. The first-order chi connectivity index (χ1) is 13.5. The summed E-state index contributed by atoms with van der Waals surface area (Å²) >= 11 is 5.88. The number of nitrogens with zero attached hydrogens (tertiary/aromatic N) is 2. The van der Waals surface area contributed by atoms with Gasteiger partial charge in [-0.3, -0.25) is 4.79 Å². The van der Waals surface area contributed by atoms with Gasteiger partial charge in [-0.1, -0.05) is 11.6 Å². The van der Waals surface area contributed by atoms with E-state index in [2.05, 4.69) is 10.3 Å². The largest absolute Gasteiger partial charge is 0.463 e. The van der Waals surface area contributed by atoms with Crippen LogP contribution in [-0.2, 0) is 9.53 Å². The third kappa shape index (κ3) is 5.33. The molecule has 2 heterocycles. The molecule has 0 radical (unpaired) electrons. The SMILES string of the molecule is CCOC(=O)C=Cc1ccc(N[C@@H]2CCN(C(=O)c3ccc(Cl)cc3)C2)nc1. The van der Waals surface area contributed by atoms with Crippen LogP contribution in [0.2, 0.25) is 5.02 Å². The molecule has 0 saturated carbocycles. The maximum Gasteiger partial charge on any atom is 0.330 e. The smallest absolute Gasteiger partial charge is 0.330 e. The molecule has 6 nitrogen and oxygen atoms in total. The number of carbonyl (C=O) groups is 2. The van der Waals surface area contributed by atoms with Crippen LogP contribution in [0.25, 0.3) is 6.08 Å². The molecular weight excluding hydrogens is 378 g/mol. The van der Waals surface area contributed by atoms with Gasteiger partial charge in [-0.25, -0.2) is 9.78 Å². The Morgan fingerprint density at radius 3 is 2.75 bits per heavy atom. The molecule has 0 aliphatic carbocycles. The molecule has 1 aromatic heterocycles. The van der Waals surface area contributed by atoms with Gasteiger partial charge in [0.05, 0.1) is 6.61 Å². The number of amides is 1. The molecule has 1 saturated heterocycles. The number of hydrogen-bond donors (Lipinski definition) is 1. The normalized spacial score (nSPS) is 16.4. The first-order valence-electron chi connectivity index (χ1n) is 9.17. The number of benzene rings is 1. The highest BCUT2D eigenvalue weighted by atomic mass is 35.5. The molecule has 1 aliphatic heterocycles. The van der Waals surface area contributed by atoms with Crippen molar-refractivity contribution < 1.29 is 14.3 Å². The average Bonchev–Trinajstić information content (AvgIpc) is 3.16. The fourth-order valence-electron chi connectivity index (χ4n) is 2.99. The molecule has 146 valence electrons. The van der Waals surface area contributed by atoms with Crippen molar-refractivity contribution in [3.8, 4) is 0 Å². The monoisotopic (exact) mass is 399 g/mol. The van der Waals surface area contributed by atoms with Gasteiger partial charge in [0.1, 0.15) is 5.82 Å². The van der Waals surface area contributed by atoms with E-state index in [1.807, 2.05) is 17.0 Å². The van der Waals surface area contributed by atoms with Crippen molar-refractivity contribution in [2.45, 2.75) is 19.4 Å². The van der Waals surface area contributed by atoms with Gasteiger partial charge in [-0.15, -0.1) is 0 Å². The van der Waals surface area contributed by atoms with Gasteiger partial charge >= 0.3 is 5.97 Å². The van der Waals surface area contributed by atoms with Crippen molar-refractivity contribution >= 4 is 35.4 Å². The summed E-state index contributed by atoms with van der Waals surface area (Å²) in [6, 6.07) is 10.8. The van der Waals surface area contributed by atoms with E-state index in [9.17, 15) is 9.59 Å². The second-order valence-corrected chi connectivity index (χ2v) is 6.89. The lowest BCUT2D eigenvalue weighted by atomic mass is 10.2. The summed E-state index contributed by atoms with van der Waals surface area (Å²) in [5.41, 5.74) is 1.45. The minimum absolute atomic E-state index is 0.00776. The minimum atomic E-state index is -0.374. The molecule has 1 amide bonds. The molecule has 2 aromatic rings. The Morgan fingerprint density at radius 2 is 2.07 bits per heavy atom. The van der Waals surface area contributed by atoms with Crippen LogP contribution >= 0.6 is 11.6 Å². The van der Waals surface area contributed by atoms with Crippen LogP contribution < -0.4 is 5.32 Å². The van der Waals surface area contributed by atoms with Crippen LogP contribution in [0.5, 0.6) is 0 Å². The first kappa shape index (κ1) is 19.9.